The van der Waals surface area contributed by atoms with Crippen molar-refractivity contribution in [2.75, 3.05) is 13.2 Å². The van der Waals surface area contributed by atoms with E-state index in [-0.39, 0.29) is 73.3 Å². The third-order valence-corrected chi connectivity index (χ3v) is 22.7. The van der Waals surface area contributed by atoms with Gasteiger partial charge in [-0.25, -0.2) is 0 Å². The molecule has 2 spiro atoms. The normalized spacial score (nSPS) is 54.5. The lowest BCUT2D eigenvalue weighted by Crippen LogP contribution is -2.70. The first kappa shape index (κ1) is 46.8. The topological polar surface area (TPSA) is 232 Å². The molecule has 14 heteroatoms. The second-order valence-electron chi connectivity index (χ2n) is 26.2. The van der Waals surface area contributed by atoms with Crippen LogP contribution in [0.1, 0.15) is 136 Å². The molecule has 11 aliphatic rings. The van der Waals surface area contributed by atoms with Gasteiger partial charge in [0, 0.05) is 47.8 Å². The van der Waals surface area contributed by atoms with Crippen molar-refractivity contribution in [1.29, 1.82) is 0 Å². The van der Waals surface area contributed by atoms with Gasteiger partial charge < -0.3 is 55.1 Å². The van der Waals surface area contributed by atoms with Crippen LogP contribution in [-0.4, -0.2) is 128 Å². The van der Waals surface area contributed by atoms with Crippen molar-refractivity contribution >= 4 is 5.78 Å². The molecule has 0 amide bonds. The number of aliphatic hydroxyl groups excluding tert-OH is 4. The highest BCUT2D eigenvalue weighted by Gasteiger charge is 2.79. The fourth-order valence-electron chi connectivity index (χ4n) is 18.6. The Labute approximate surface area is 400 Å². The monoisotopic (exact) mass is 945 g/mol. The molecule has 12 rings (SSSR count). The fraction of sp³-hybridized carbons (Fsp3) is 0.833. The number of nitrogens with zero attached hydrogens (tertiary/aromatic N) is 2. The zero-order chi connectivity index (χ0) is 48.5. The van der Waals surface area contributed by atoms with Crippen LogP contribution in [0, 0.1) is 69.0 Å². The first-order chi connectivity index (χ1) is 31.7. The Morgan fingerprint density at radius 1 is 0.868 bits per heavy atom. The van der Waals surface area contributed by atoms with E-state index in [4.69, 9.17) is 24.2 Å². The highest BCUT2D eigenvalue weighted by atomic mass is 16.7. The Hall–Kier alpha value is -2.21. The number of allylic oxidation sites excluding steroid dienone is 1. The van der Waals surface area contributed by atoms with Gasteiger partial charge in [0.2, 0.25) is 5.79 Å². The summed E-state index contributed by atoms with van der Waals surface area (Å²) in [5, 5.41) is 93.6. The average molecular weight is 945 g/mol. The molecule has 0 unspecified atom stereocenters. The summed E-state index contributed by atoms with van der Waals surface area (Å²) in [5.74, 6) is -4.70. The van der Waals surface area contributed by atoms with E-state index in [9.17, 15) is 45.6 Å². The predicted molar refractivity (Wildman–Crippen MR) is 245 cm³/mol. The molecule has 0 aromatic carbocycles. The molecule has 4 saturated carbocycles. The Bertz CT molecular complexity index is 2420. The van der Waals surface area contributed by atoms with Crippen LogP contribution >= 0.6 is 0 Å². The van der Waals surface area contributed by atoms with Crippen LogP contribution in [0.3, 0.4) is 0 Å². The molecule has 0 bridgehead atoms. The standard InChI is InChI=1S/C54H76N2O12/c1-26-31-13-14-32-33-12-10-29-16-37-39(20-48(29,7)51(33,63)23-41(59)50(31,32)25-66-53(26,65)42(60)21-45(3,4)62)56-36-15-28-9-11-30-34(47(28,6)19-38(36)55-37)17-40(58)49(8)35(30)18-44-52(49,64)27(2)54(67-44)43(61)22-46(5,24-57)68-54/h14,18,26-31,33-34,40,42-44,57-58,60-65H,9-13,15-17,19-25H2,1-8H3/t26-,27-,28-,29-,30+,31+,33-,34-,40+,42+,43+,44-,46-,47-,48-,49+,50+,51+,52+,53-,54-/m0/s1. The van der Waals surface area contributed by atoms with Gasteiger partial charge in [-0.05, 0) is 120 Å². The van der Waals surface area contributed by atoms with Crippen LogP contribution < -0.4 is 0 Å². The van der Waals surface area contributed by atoms with E-state index in [0.717, 1.165) is 66.0 Å². The quantitative estimate of drug-likeness (QED) is 0.202. The third-order valence-electron chi connectivity index (χ3n) is 22.7. The van der Waals surface area contributed by atoms with Crippen LogP contribution in [0.4, 0.5) is 0 Å². The maximum absolute atomic E-state index is 14.9. The van der Waals surface area contributed by atoms with Crippen LogP contribution in [0.5, 0.6) is 0 Å². The van der Waals surface area contributed by atoms with Gasteiger partial charge in [-0.1, -0.05) is 57.9 Å². The number of aromatic nitrogens is 2. The van der Waals surface area contributed by atoms with Gasteiger partial charge in [0.05, 0.1) is 64.3 Å². The molecule has 1 aromatic rings. The molecular formula is C54H76N2O12. The molecule has 7 fully saturated rings. The number of ether oxygens (including phenoxy) is 3. The summed E-state index contributed by atoms with van der Waals surface area (Å²) in [5.41, 5.74) is -2.00. The van der Waals surface area contributed by atoms with E-state index >= 15 is 0 Å². The lowest BCUT2D eigenvalue weighted by atomic mass is 9.42. The summed E-state index contributed by atoms with van der Waals surface area (Å²) < 4.78 is 19.2. The average Bonchev–Trinajstić information content (AvgIpc) is 3.92. The summed E-state index contributed by atoms with van der Waals surface area (Å²) in [7, 11) is 0. The molecule has 1 aromatic heterocycles. The van der Waals surface area contributed by atoms with Gasteiger partial charge in [0.15, 0.2) is 5.79 Å². The summed E-state index contributed by atoms with van der Waals surface area (Å²) in [6.45, 7) is 14.8. The lowest BCUT2D eigenvalue weighted by molar-refractivity contribution is -0.333. The van der Waals surface area contributed by atoms with Crippen molar-refractivity contribution in [2.24, 2.45) is 69.0 Å². The number of hydrogen-bond acceptors (Lipinski definition) is 14. The van der Waals surface area contributed by atoms with E-state index in [1.807, 2.05) is 26.8 Å². The molecule has 3 aliphatic heterocycles. The minimum Gasteiger partial charge on any atom is -0.393 e. The molecule has 0 radical (unpaired) electrons. The van der Waals surface area contributed by atoms with E-state index < -0.39 is 86.5 Å². The van der Waals surface area contributed by atoms with Gasteiger partial charge >= 0.3 is 0 Å². The number of rotatable bonds is 4. The number of carbonyl (C=O) groups excluding carboxylic acids is 1. The number of carbonyl (C=O) groups is 1. The van der Waals surface area contributed by atoms with Gasteiger partial charge in [0.1, 0.15) is 29.7 Å². The molecule has 3 saturated heterocycles. The molecule has 374 valence electrons. The number of ketones is 1. The number of fused-ring (bicyclic) bond motifs is 13. The maximum Gasteiger partial charge on any atom is 0.201 e. The van der Waals surface area contributed by atoms with Crippen LogP contribution in [0.15, 0.2) is 23.3 Å². The van der Waals surface area contributed by atoms with Gasteiger partial charge in [0.25, 0.3) is 0 Å². The molecule has 8 aliphatic carbocycles. The highest BCUT2D eigenvalue weighted by molar-refractivity contribution is 5.92. The van der Waals surface area contributed by atoms with Crippen molar-refractivity contribution in [3.63, 3.8) is 0 Å². The zero-order valence-corrected chi connectivity index (χ0v) is 41.3. The number of aliphatic hydroxyl groups is 8. The van der Waals surface area contributed by atoms with Crippen molar-refractivity contribution < 1.29 is 59.9 Å². The zero-order valence-electron chi connectivity index (χ0n) is 41.3. The maximum atomic E-state index is 14.9. The minimum atomic E-state index is -1.92. The summed E-state index contributed by atoms with van der Waals surface area (Å²) in [6.07, 6.45) is 7.38. The second kappa shape index (κ2) is 14.1. The van der Waals surface area contributed by atoms with Crippen LogP contribution in [0.2, 0.25) is 0 Å². The Morgan fingerprint density at radius 3 is 2.22 bits per heavy atom. The predicted octanol–water partition coefficient (Wildman–Crippen LogP) is 3.57. The molecular weight excluding hydrogens is 869 g/mol. The van der Waals surface area contributed by atoms with Crippen molar-refractivity contribution in [3.05, 3.63) is 46.1 Å². The van der Waals surface area contributed by atoms with E-state index in [2.05, 4.69) is 19.9 Å². The molecule has 68 heavy (non-hydrogen) atoms. The first-order valence-corrected chi connectivity index (χ1v) is 26.1. The molecule has 8 N–H and O–H groups in total. The smallest absolute Gasteiger partial charge is 0.201 e. The molecule has 21 atom stereocenters. The third kappa shape index (κ3) is 5.45. The summed E-state index contributed by atoms with van der Waals surface area (Å²) in [6, 6.07) is 0. The summed E-state index contributed by atoms with van der Waals surface area (Å²) >= 11 is 0. The van der Waals surface area contributed by atoms with E-state index in [0.29, 0.717) is 38.0 Å². The lowest BCUT2D eigenvalue weighted by Gasteiger charge is -2.64. The van der Waals surface area contributed by atoms with Crippen molar-refractivity contribution in [2.45, 2.75) is 197 Å². The Morgan fingerprint density at radius 2 is 1.54 bits per heavy atom. The Balaban J connectivity index is 0.805. The Kier molecular flexibility index (Phi) is 9.70. The fourth-order valence-corrected chi connectivity index (χ4v) is 18.6. The van der Waals surface area contributed by atoms with Gasteiger partial charge in [-0.15, -0.1) is 0 Å². The number of hydrogen-bond donors (Lipinski definition) is 8. The minimum absolute atomic E-state index is 0.0137. The molecule has 4 heterocycles. The van der Waals surface area contributed by atoms with Gasteiger partial charge in [-0.3, -0.25) is 14.8 Å². The second-order valence-corrected chi connectivity index (χ2v) is 26.2. The highest BCUT2D eigenvalue weighted by Crippen LogP contribution is 2.72. The van der Waals surface area contributed by atoms with Crippen LogP contribution in [-0.2, 0) is 44.7 Å². The summed E-state index contributed by atoms with van der Waals surface area (Å²) in [4.78, 5) is 25.9. The largest absolute Gasteiger partial charge is 0.393 e. The van der Waals surface area contributed by atoms with Crippen LogP contribution in [0.25, 0.3) is 0 Å². The molecule has 14 nitrogen and oxygen atoms in total. The van der Waals surface area contributed by atoms with Crippen molar-refractivity contribution in [1.82, 2.24) is 9.97 Å². The first-order valence-electron chi connectivity index (χ1n) is 26.1. The van der Waals surface area contributed by atoms with Gasteiger partial charge in [-0.2, -0.15) is 0 Å². The van der Waals surface area contributed by atoms with E-state index in [1.165, 1.54) is 0 Å². The SMILES string of the molecule is C[C@@H]1[C@]2(O[C@H]3C=C4[C@@H]5CC[C@H]6Cc7nc8c(nc7C[C@]6(C)[C@H]5C[C@@H](O)[C@]4(C)[C@]31O)C[C@@H]1CC[C@H]3C4=CC[C@@H]5[C@H](C)[C@@](O)([C@H](O)CC(C)(C)O)OC[C@]45C(=O)C[C@]3(O)[C@@]1(C)C8)O[C@](C)(CO)C[C@H]2O. The number of Topliss-reactive ketones (excluding diaryl/α,β-unsaturated/α-hetero) is 1. The van der Waals surface area contributed by atoms with E-state index in [1.54, 1.807) is 20.8 Å². The van der Waals surface area contributed by atoms with Crippen molar-refractivity contribution in [3.8, 4) is 0 Å².